The highest BCUT2D eigenvalue weighted by molar-refractivity contribution is 5.41. The summed E-state index contributed by atoms with van der Waals surface area (Å²) in [4.78, 5) is 0. The molecule has 3 rings (SSSR count). The van der Waals surface area contributed by atoms with Crippen LogP contribution in [0.3, 0.4) is 0 Å². The highest BCUT2D eigenvalue weighted by atomic mass is 16.5. The minimum absolute atomic E-state index is 0.227. The number of ether oxygens (including phenoxy) is 1. The highest BCUT2D eigenvalue weighted by Crippen LogP contribution is 2.28. The van der Waals surface area contributed by atoms with Crippen LogP contribution in [-0.2, 0) is 0 Å². The van der Waals surface area contributed by atoms with Crippen molar-refractivity contribution in [3.63, 3.8) is 0 Å². The maximum Gasteiger partial charge on any atom is 0.135 e. The Balaban J connectivity index is 0.000000192. The molecule has 0 fully saturated rings. The lowest BCUT2D eigenvalue weighted by atomic mass is 10.1. The van der Waals surface area contributed by atoms with Crippen molar-refractivity contribution in [2.75, 3.05) is 6.54 Å². The first-order chi connectivity index (χ1) is 9.20. The van der Waals surface area contributed by atoms with Crippen LogP contribution in [0.4, 0.5) is 0 Å². The van der Waals surface area contributed by atoms with Gasteiger partial charge >= 0.3 is 0 Å². The molecule has 19 heavy (non-hydrogen) atoms. The molecule has 0 amide bonds. The van der Waals surface area contributed by atoms with E-state index in [0.717, 1.165) is 11.5 Å². The summed E-state index contributed by atoms with van der Waals surface area (Å²) in [6.45, 7) is 2.31. The molecule has 1 atom stereocenters. The van der Waals surface area contributed by atoms with E-state index in [1.165, 1.54) is 10.4 Å². The summed E-state index contributed by atoms with van der Waals surface area (Å²) in [5, 5.41) is 11.0. The Bertz CT molecular complexity index is 608. The molecule has 3 nitrogen and oxygen atoms in total. The second-order valence-corrected chi connectivity index (χ2v) is 4.55. The highest BCUT2D eigenvalue weighted by Gasteiger charge is 2.07. The van der Waals surface area contributed by atoms with E-state index in [-0.39, 0.29) is 6.10 Å². The van der Waals surface area contributed by atoms with E-state index in [9.17, 15) is 0 Å². The molecule has 0 spiro atoms. The summed E-state index contributed by atoms with van der Waals surface area (Å²) in [6.07, 6.45) is 0.481. The van der Waals surface area contributed by atoms with E-state index in [2.05, 4.69) is 18.2 Å². The predicted molar refractivity (Wildman–Crippen MR) is 76.0 cm³/mol. The first kappa shape index (κ1) is 13.6. The smallest absolute Gasteiger partial charge is 0.135 e. The van der Waals surface area contributed by atoms with Gasteiger partial charge in [0.2, 0.25) is 0 Å². The van der Waals surface area contributed by atoms with E-state index in [1.807, 2.05) is 30.3 Å². The van der Waals surface area contributed by atoms with Gasteiger partial charge < -0.3 is 15.6 Å². The summed E-state index contributed by atoms with van der Waals surface area (Å²) in [5.41, 5.74) is 5.07. The lowest BCUT2D eigenvalue weighted by molar-refractivity contribution is 0.187. The Hall–Kier alpha value is -1.84. The van der Waals surface area contributed by atoms with E-state index in [4.69, 9.17) is 15.6 Å². The minimum atomic E-state index is -0.227. The summed E-state index contributed by atoms with van der Waals surface area (Å²) in [7, 11) is 0. The molecule has 3 N–H and O–H groups in total. The molecule has 0 radical (unpaired) electrons. The molecule has 1 aromatic rings. The molecule has 0 saturated carbocycles. The number of hydrogen-bond donors (Lipinski definition) is 2. The lowest BCUT2D eigenvalue weighted by Gasteiger charge is -2.12. The van der Waals surface area contributed by atoms with Gasteiger partial charge in [-0.05, 0) is 43.3 Å². The Kier molecular flexibility index (Phi) is 4.55. The summed E-state index contributed by atoms with van der Waals surface area (Å²) >= 11 is 0. The van der Waals surface area contributed by atoms with Crippen molar-refractivity contribution >= 4 is 0 Å². The maximum atomic E-state index is 8.47. The first-order valence-corrected chi connectivity index (χ1v) is 6.46. The van der Waals surface area contributed by atoms with Crippen molar-refractivity contribution in [3.8, 4) is 11.5 Å². The standard InChI is InChI=1S/C12H8O.C4H11NO/c1-2-4-10(5-3-1)13-12-8-9-6-7-11(9)12;1-4(6)2-3-5/h1-8H;4,6H,2-3,5H2,1H3. The summed E-state index contributed by atoms with van der Waals surface area (Å²) < 4.78 is 5.64. The van der Waals surface area contributed by atoms with Gasteiger partial charge in [-0.2, -0.15) is 0 Å². The third-order valence-electron chi connectivity index (χ3n) is 2.85. The topological polar surface area (TPSA) is 55.5 Å². The molecule has 2 aliphatic rings. The number of hydrogen-bond acceptors (Lipinski definition) is 3. The van der Waals surface area contributed by atoms with Gasteiger partial charge in [-0.15, -0.1) is 0 Å². The second-order valence-electron chi connectivity index (χ2n) is 4.55. The Labute approximate surface area is 113 Å². The molecule has 1 aromatic carbocycles. The van der Waals surface area contributed by atoms with Crippen LogP contribution in [-0.4, -0.2) is 17.8 Å². The molecule has 3 heteroatoms. The maximum absolute atomic E-state index is 8.47. The van der Waals surface area contributed by atoms with Gasteiger partial charge in [0.1, 0.15) is 11.5 Å². The Morgan fingerprint density at radius 3 is 2.26 bits per heavy atom. The molecule has 1 unspecified atom stereocenters. The number of para-hydroxylation sites is 1. The van der Waals surface area contributed by atoms with E-state index in [0.29, 0.717) is 13.0 Å². The largest absolute Gasteiger partial charge is 0.457 e. The van der Waals surface area contributed by atoms with Crippen molar-refractivity contribution in [1.29, 1.82) is 0 Å². The Morgan fingerprint density at radius 1 is 1.16 bits per heavy atom. The van der Waals surface area contributed by atoms with Gasteiger partial charge in [0, 0.05) is 5.22 Å². The fourth-order valence-corrected chi connectivity index (χ4v) is 1.70. The van der Waals surface area contributed by atoms with Crippen LogP contribution in [0.15, 0.2) is 48.5 Å². The van der Waals surface area contributed by atoms with Gasteiger partial charge in [-0.3, -0.25) is 0 Å². The lowest BCUT2D eigenvalue weighted by Crippen LogP contribution is -2.08. The number of aliphatic hydroxyl groups is 1. The van der Waals surface area contributed by atoms with E-state index < -0.39 is 0 Å². The van der Waals surface area contributed by atoms with Gasteiger partial charge in [0.25, 0.3) is 0 Å². The fraction of sp³-hybridized carbons (Fsp3) is 0.250. The van der Waals surface area contributed by atoms with Crippen LogP contribution < -0.4 is 10.5 Å². The van der Waals surface area contributed by atoms with Crippen LogP contribution in [0.25, 0.3) is 0 Å². The molecular formula is C16H19NO2. The number of benzene rings is 2. The van der Waals surface area contributed by atoms with Crippen molar-refractivity contribution in [2.45, 2.75) is 19.4 Å². The molecule has 2 aliphatic carbocycles. The third-order valence-corrected chi connectivity index (χ3v) is 2.85. The van der Waals surface area contributed by atoms with Crippen LogP contribution in [0, 0.1) is 10.4 Å². The van der Waals surface area contributed by atoms with Crippen molar-refractivity contribution in [3.05, 3.63) is 59.0 Å². The number of nitrogens with two attached hydrogens (primary N) is 1. The van der Waals surface area contributed by atoms with Crippen LogP contribution in [0.5, 0.6) is 11.5 Å². The zero-order valence-corrected chi connectivity index (χ0v) is 11.0. The molecule has 0 saturated heterocycles. The number of rotatable bonds is 4. The first-order valence-electron chi connectivity index (χ1n) is 6.46. The molecular weight excluding hydrogens is 238 g/mol. The third kappa shape index (κ3) is 3.56. The van der Waals surface area contributed by atoms with Crippen LogP contribution in [0.2, 0.25) is 0 Å². The second kappa shape index (κ2) is 6.36. The van der Waals surface area contributed by atoms with Crippen molar-refractivity contribution in [1.82, 2.24) is 0 Å². The SMILES string of the molecule is CC(O)CCN.c1ccc(Oc2cc3ccc2=3)cc1. The molecule has 0 heterocycles. The average Bonchev–Trinajstić information content (AvgIpc) is 2.37. The summed E-state index contributed by atoms with van der Waals surface area (Å²) in [6, 6.07) is 16.1. The molecule has 0 aromatic heterocycles. The Morgan fingerprint density at radius 2 is 1.89 bits per heavy atom. The normalized spacial score (nSPS) is 12.2. The van der Waals surface area contributed by atoms with E-state index >= 15 is 0 Å². The minimum Gasteiger partial charge on any atom is -0.457 e. The predicted octanol–water partition coefficient (Wildman–Crippen LogP) is 2.80. The molecule has 0 aliphatic heterocycles. The molecule has 0 bridgehead atoms. The quantitative estimate of drug-likeness (QED) is 0.755. The monoisotopic (exact) mass is 257 g/mol. The van der Waals surface area contributed by atoms with E-state index in [1.54, 1.807) is 6.92 Å². The van der Waals surface area contributed by atoms with Crippen molar-refractivity contribution < 1.29 is 9.84 Å². The van der Waals surface area contributed by atoms with Gasteiger partial charge in [-0.1, -0.05) is 30.3 Å². The summed E-state index contributed by atoms with van der Waals surface area (Å²) in [5.74, 6) is 1.89. The van der Waals surface area contributed by atoms with Crippen LogP contribution >= 0.6 is 0 Å². The number of aliphatic hydroxyl groups excluding tert-OH is 1. The van der Waals surface area contributed by atoms with Gasteiger partial charge in [0.15, 0.2) is 0 Å². The zero-order valence-electron chi connectivity index (χ0n) is 11.0. The molecule has 100 valence electrons. The van der Waals surface area contributed by atoms with Crippen molar-refractivity contribution in [2.24, 2.45) is 5.73 Å². The zero-order chi connectivity index (χ0) is 13.7. The fourth-order valence-electron chi connectivity index (χ4n) is 1.70. The van der Waals surface area contributed by atoms with Gasteiger partial charge in [0.05, 0.1) is 6.10 Å². The van der Waals surface area contributed by atoms with Gasteiger partial charge in [-0.25, -0.2) is 0 Å². The van der Waals surface area contributed by atoms with Crippen LogP contribution in [0.1, 0.15) is 13.3 Å². The average molecular weight is 257 g/mol.